The van der Waals surface area contributed by atoms with Crippen LogP contribution in [-0.2, 0) is 0 Å². The monoisotopic (exact) mass is 275 g/mol. The maximum absolute atomic E-state index is 6.03. The first-order valence-electron chi connectivity index (χ1n) is 7.07. The summed E-state index contributed by atoms with van der Waals surface area (Å²) in [5.74, 6) is 0.971. The molecule has 1 heterocycles. The second-order valence-electron chi connectivity index (χ2n) is 5.60. The average molecular weight is 275 g/mol. The number of fused-ring (bicyclic) bond motifs is 1. The van der Waals surface area contributed by atoms with Gasteiger partial charge in [-0.2, -0.15) is 0 Å². The van der Waals surface area contributed by atoms with E-state index in [0.717, 1.165) is 24.4 Å². The Kier molecular flexibility index (Phi) is 4.81. The van der Waals surface area contributed by atoms with Gasteiger partial charge in [-0.3, -0.25) is 4.90 Å². The van der Waals surface area contributed by atoms with Crippen LogP contribution < -0.4 is 5.73 Å². The number of aryl methyl sites for hydroxylation is 1. The molecule has 1 aromatic heterocycles. The van der Waals surface area contributed by atoms with Crippen LogP contribution in [-0.4, -0.2) is 50.6 Å². The molecule has 2 rings (SSSR count). The Morgan fingerprint density at radius 1 is 1.15 bits per heavy atom. The van der Waals surface area contributed by atoms with Crippen LogP contribution in [0, 0.1) is 6.92 Å². The number of hydrogen-bond donors (Lipinski definition) is 1. The zero-order chi connectivity index (χ0) is 14.7. The summed E-state index contributed by atoms with van der Waals surface area (Å²) < 4.78 is 5.86. The summed E-state index contributed by atoms with van der Waals surface area (Å²) in [5, 5.41) is 1.18. The average Bonchev–Trinajstić information content (AvgIpc) is 2.74. The third-order valence-corrected chi connectivity index (χ3v) is 3.81. The fourth-order valence-corrected chi connectivity index (χ4v) is 2.63. The third-order valence-electron chi connectivity index (χ3n) is 3.81. The van der Waals surface area contributed by atoms with Crippen molar-refractivity contribution in [3.05, 3.63) is 35.6 Å². The highest BCUT2D eigenvalue weighted by atomic mass is 16.3. The van der Waals surface area contributed by atoms with Gasteiger partial charge in [0.05, 0.1) is 6.04 Å². The predicted octanol–water partition coefficient (Wildman–Crippen LogP) is 2.23. The molecule has 4 nitrogen and oxygen atoms in total. The van der Waals surface area contributed by atoms with E-state index in [4.69, 9.17) is 10.2 Å². The topological polar surface area (TPSA) is 45.6 Å². The molecule has 0 amide bonds. The summed E-state index contributed by atoms with van der Waals surface area (Å²) in [6.07, 6.45) is 0. The first-order chi connectivity index (χ1) is 9.54. The van der Waals surface area contributed by atoms with Gasteiger partial charge in [0.15, 0.2) is 0 Å². The Morgan fingerprint density at radius 3 is 2.50 bits per heavy atom. The van der Waals surface area contributed by atoms with Crippen LogP contribution in [0.2, 0.25) is 0 Å². The van der Waals surface area contributed by atoms with Crippen LogP contribution in [0.25, 0.3) is 11.0 Å². The Labute approximate surface area is 121 Å². The van der Waals surface area contributed by atoms with Crippen molar-refractivity contribution in [1.29, 1.82) is 0 Å². The minimum absolute atomic E-state index is 0.193. The number of rotatable bonds is 6. The Bertz CT molecular complexity index is 562. The number of para-hydroxylation sites is 1. The van der Waals surface area contributed by atoms with E-state index >= 15 is 0 Å². The van der Waals surface area contributed by atoms with Gasteiger partial charge in [-0.15, -0.1) is 0 Å². The van der Waals surface area contributed by atoms with Gasteiger partial charge < -0.3 is 15.1 Å². The van der Waals surface area contributed by atoms with Crippen molar-refractivity contribution in [2.45, 2.75) is 13.0 Å². The molecule has 0 aliphatic carbocycles. The van der Waals surface area contributed by atoms with E-state index in [-0.39, 0.29) is 6.04 Å². The SMILES string of the molecule is Cc1oc2ccccc2c1C(CN)N(C)CCN(C)C. The van der Waals surface area contributed by atoms with Crippen LogP contribution in [0.15, 0.2) is 28.7 Å². The standard InChI is InChI=1S/C16H25N3O/c1-12-16(13-7-5-6-8-15(13)20-12)14(11-17)19(4)10-9-18(2)3/h5-8,14H,9-11,17H2,1-4H3. The van der Waals surface area contributed by atoms with Crippen molar-refractivity contribution in [3.8, 4) is 0 Å². The molecule has 20 heavy (non-hydrogen) atoms. The Balaban J connectivity index is 2.31. The van der Waals surface area contributed by atoms with Crippen molar-refractivity contribution < 1.29 is 4.42 Å². The molecule has 4 heteroatoms. The van der Waals surface area contributed by atoms with Crippen molar-refractivity contribution in [3.63, 3.8) is 0 Å². The lowest BCUT2D eigenvalue weighted by molar-refractivity contribution is 0.222. The minimum Gasteiger partial charge on any atom is -0.461 e. The molecule has 1 atom stereocenters. The summed E-state index contributed by atoms with van der Waals surface area (Å²) in [6.45, 7) is 4.61. The number of benzene rings is 1. The fourth-order valence-electron chi connectivity index (χ4n) is 2.63. The van der Waals surface area contributed by atoms with Gasteiger partial charge >= 0.3 is 0 Å². The first kappa shape index (κ1) is 15.0. The molecule has 0 saturated heterocycles. The largest absolute Gasteiger partial charge is 0.461 e. The molecule has 0 aliphatic rings. The van der Waals surface area contributed by atoms with Crippen LogP contribution >= 0.6 is 0 Å². The molecule has 2 aromatic rings. The number of nitrogens with zero attached hydrogens (tertiary/aromatic N) is 2. The van der Waals surface area contributed by atoms with Crippen LogP contribution in [0.1, 0.15) is 17.4 Å². The summed E-state index contributed by atoms with van der Waals surface area (Å²) in [6, 6.07) is 8.37. The quantitative estimate of drug-likeness (QED) is 0.878. The first-order valence-corrected chi connectivity index (χ1v) is 7.07. The van der Waals surface area contributed by atoms with E-state index < -0.39 is 0 Å². The van der Waals surface area contributed by atoms with Gasteiger partial charge in [0, 0.05) is 30.6 Å². The third kappa shape index (κ3) is 3.03. The highest BCUT2D eigenvalue weighted by molar-refractivity contribution is 5.82. The molecule has 0 spiro atoms. The highest BCUT2D eigenvalue weighted by Crippen LogP contribution is 2.32. The molecule has 0 radical (unpaired) electrons. The summed E-state index contributed by atoms with van der Waals surface area (Å²) >= 11 is 0. The molecule has 0 fully saturated rings. The van der Waals surface area contributed by atoms with Crippen LogP contribution in [0.3, 0.4) is 0 Å². The Morgan fingerprint density at radius 2 is 1.85 bits per heavy atom. The Hall–Kier alpha value is -1.36. The van der Waals surface area contributed by atoms with Gasteiger partial charge in [-0.1, -0.05) is 18.2 Å². The van der Waals surface area contributed by atoms with Gasteiger partial charge in [0.2, 0.25) is 0 Å². The van der Waals surface area contributed by atoms with Crippen molar-refractivity contribution in [2.75, 3.05) is 40.8 Å². The second-order valence-corrected chi connectivity index (χ2v) is 5.60. The van der Waals surface area contributed by atoms with E-state index in [1.54, 1.807) is 0 Å². The molecule has 0 aliphatic heterocycles. The predicted molar refractivity (Wildman–Crippen MR) is 83.9 cm³/mol. The molecule has 2 N–H and O–H groups in total. The zero-order valence-corrected chi connectivity index (χ0v) is 12.9. The summed E-state index contributed by atoms with van der Waals surface area (Å²) in [7, 11) is 6.30. The normalized spacial score (nSPS) is 13.6. The second kappa shape index (κ2) is 6.39. The lowest BCUT2D eigenvalue weighted by Crippen LogP contribution is -2.35. The maximum atomic E-state index is 6.03. The molecule has 1 unspecified atom stereocenters. The molecular formula is C16H25N3O. The van der Waals surface area contributed by atoms with Gasteiger partial charge in [-0.05, 0) is 34.1 Å². The van der Waals surface area contributed by atoms with Crippen LogP contribution in [0.4, 0.5) is 0 Å². The number of hydrogen-bond acceptors (Lipinski definition) is 4. The molecule has 0 bridgehead atoms. The van der Waals surface area contributed by atoms with E-state index in [1.807, 2.05) is 25.1 Å². The molecule has 0 saturated carbocycles. The molecule has 110 valence electrons. The maximum Gasteiger partial charge on any atom is 0.134 e. The van der Waals surface area contributed by atoms with E-state index in [0.29, 0.717) is 6.54 Å². The van der Waals surface area contributed by atoms with Gasteiger partial charge in [0.25, 0.3) is 0 Å². The number of likely N-dealkylation sites (N-methyl/N-ethyl adjacent to an activating group) is 2. The van der Waals surface area contributed by atoms with Crippen molar-refractivity contribution in [2.24, 2.45) is 5.73 Å². The lowest BCUT2D eigenvalue weighted by Gasteiger charge is -2.28. The molecule has 1 aromatic carbocycles. The van der Waals surface area contributed by atoms with Crippen molar-refractivity contribution in [1.82, 2.24) is 9.80 Å². The van der Waals surface area contributed by atoms with Crippen molar-refractivity contribution >= 4 is 11.0 Å². The smallest absolute Gasteiger partial charge is 0.134 e. The van der Waals surface area contributed by atoms with Gasteiger partial charge in [0.1, 0.15) is 11.3 Å². The lowest BCUT2D eigenvalue weighted by atomic mass is 10.0. The van der Waals surface area contributed by atoms with Gasteiger partial charge in [-0.25, -0.2) is 0 Å². The zero-order valence-electron chi connectivity index (χ0n) is 12.9. The number of furan rings is 1. The minimum atomic E-state index is 0.193. The van der Waals surface area contributed by atoms with Crippen LogP contribution in [0.5, 0.6) is 0 Å². The fraction of sp³-hybridized carbons (Fsp3) is 0.500. The van der Waals surface area contributed by atoms with E-state index in [9.17, 15) is 0 Å². The highest BCUT2D eigenvalue weighted by Gasteiger charge is 2.22. The number of nitrogens with two attached hydrogens (primary N) is 1. The summed E-state index contributed by atoms with van der Waals surface area (Å²) in [5.41, 5.74) is 8.20. The van der Waals surface area contributed by atoms with E-state index in [1.165, 1.54) is 10.9 Å². The van der Waals surface area contributed by atoms with E-state index in [2.05, 4.69) is 37.0 Å². The molecular weight excluding hydrogens is 250 g/mol. The summed E-state index contributed by atoms with van der Waals surface area (Å²) in [4.78, 5) is 4.49.